The second-order valence-electron chi connectivity index (χ2n) is 5.70. The highest BCUT2D eigenvalue weighted by molar-refractivity contribution is 14.0. The van der Waals surface area contributed by atoms with Crippen molar-refractivity contribution in [1.29, 1.82) is 0 Å². The van der Waals surface area contributed by atoms with Crippen LogP contribution in [0.15, 0.2) is 40.2 Å². The summed E-state index contributed by atoms with van der Waals surface area (Å²) >= 11 is 1.82. The average Bonchev–Trinajstić information content (AvgIpc) is 2.59. The van der Waals surface area contributed by atoms with E-state index in [-0.39, 0.29) is 24.0 Å². The molecule has 0 aliphatic carbocycles. The summed E-state index contributed by atoms with van der Waals surface area (Å²) in [4.78, 5) is 8.13. The molecule has 24 heavy (non-hydrogen) atoms. The van der Waals surface area contributed by atoms with E-state index in [2.05, 4.69) is 46.4 Å². The van der Waals surface area contributed by atoms with Gasteiger partial charge in [0.15, 0.2) is 5.96 Å². The third-order valence-corrected chi connectivity index (χ3v) is 4.76. The van der Waals surface area contributed by atoms with E-state index in [0.29, 0.717) is 11.2 Å². The highest BCUT2D eigenvalue weighted by atomic mass is 127. The molecule has 1 atom stereocenters. The van der Waals surface area contributed by atoms with Gasteiger partial charge in [-0.25, -0.2) is 0 Å². The lowest BCUT2D eigenvalue weighted by Gasteiger charge is -2.26. The second kappa shape index (κ2) is 12.8. The Morgan fingerprint density at radius 3 is 2.75 bits per heavy atom. The second-order valence-corrected chi connectivity index (χ2v) is 7.21. The molecule has 0 bridgehead atoms. The highest BCUT2D eigenvalue weighted by Crippen LogP contribution is 2.22. The molecule has 3 N–H and O–H groups in total. The van der Waals surface area contributed by atoms with E-state index in [1.54, 1.807) is 0 Å². The third kappa shape index (κ3) is 9.10. The van der Waals surface area contributed by atoms with Gasteiger partial charge in [0.25, 0.3) is 0 Å². The Morgan fingerprint density at radius 2 is 2.04 bits per heavy atom. The number of nitrogens with zero attached hydrogens (tertiary/aromatic N) is 2. The molecule has 1 unspecified atom stereocenters. The normalized spacial score (nSPS) is 17.1. The fourth-order valence-electron chi connectivity index (χ4n) is 2.40. The van der Waals surface area contributed by atoms with Gasteiger partial charge in [-0.3, -0.25) is 9.89 Å². The number of nitrogens with two attached hydrogens (primary N) is 1. The van der Waals surface area contributed by atoms with Crippen molar-refractivity contribution < 1.29 is 4.74 Å². The number of hydrogen-bond donors (Lipinski definition) is 2. The number of ether oxygens (including phenoxy) is 1. The molecule has 0 spiro atoms. The number of benzene rings is 1. The topological polar surface area (TPSA) is 62.9 Å². The molecule has 0 aromatic heterocycles. The highest BCUT2D eigenvalue weighted by Gasteiger charge is 2.09. The van der Waals surface area contributed by atoms with E-state index >= 15 is 0 Å². The lowest BCUT2D eigenvalue weighted by Crippen LogP contribution is -2.39. The van der Waals surface area contributed by atoms with Crippen LogP contribution in [0.4, 0.5) is 0 Å². The zero-order valence-corrected chi connectivity index (χ0v) is 17.5. The van der Waals surface area contributed by atoms with Gasteiger partial charge in [0, 0.05) is 29.8 Å². The van der Waals surface area contributed by atoms with Crippen LogP contribution in [0.25, 0.3) is 0 Å². The minimum atomic E-state index is 0. The average molecular weight is 464 g/mol. The Balaban J connectivity index is 0.00000288. The fourth-order valence-corrected chi connectivity index (χ4v) is 3.32. The van der Waals surface area contributed by atoms with E-state index < -0.39 is 0 Å². The van der Waals surface area contributed by atoms with Crippen molar-refractivity contribution in [3.63, 3.8) is 0 Å². The third-order valence-electron chi connectivity index (χ3n) is 3.66. The number of halogens is 1. The summed E-state index contributed by atoms with van der Waals surface area (Å²) < 4.78 is 5.34. The fraction of sp³-hybridized carbons (Fsp3) is 0.588. The zero-order valence-electron chi connectivity index (χ0n) is 14.3. The standard InChI is InChI=1S/C17H28N4OS.HI/c1-15(23-16-6-3-2-4-7-16)14-20-17(18)19-8-5-9-21-10-12-22-13-11-21;/h2-4,6-7,15H,5,8-14H2,1H3,(H3,18,19,20);1H. The van der Waals surface area contributed by atoms with Gasteiger partial charge in [-0.05, 0) is 25.1 Å². The number of hydrogen-bond acceptors (Lipinski definition) is 4. The van der Waals surface area contributed by atoms with Crippen LogP contribution in [0, 0.1) is 0 Å². The van der Waals surface area contributed by atoms with Crippen molar-refractivity contribution in [1.82, 2.24) is 10.2 Å². The molecule has 1 aliphatic rings. The minimum absolute atomic E-state index is 0. The van der Waals surface area contributed by atoms with Gasteiger partial charge < -0.3 is 15.8 Å². The van der Waals surface area contributed by atoms with E-state index in [0.717, 1.165) is 52.4 Å². The van der Waals surface area contributed by atoms with Crippen LogP contribution < -0.4 is 11.1 Å². The van der Waals surface area contributed by atoms with Crippen LogP contribution in [-0.4, -0.2) is 62.0 Å². The van der Waals surface area contributed by atoms with Gasteiger partial charge >= 0.3 is 0 Å². The maximum atomic E-state index is 5.93. The van der Waals surface area contributed by atoms with Crippen LogP contribution in [0.2, 0.25) is 0 Å². The number of morpholine rings is 1. The largest absolute Gasteiger partial charge is 0.379 e. The number of guanidine groups is 1. The lowest BCUT2D eigenvalue weighted by molar-refractivity contribution is 0.0376. The van der Waals surface area contributed by atoms with E-state index in [9.17, 15) is 0 Å². The molecule has 1 heterocycles. The molecule has 1 fully saturated rings. The summed E-state index contributed by atoms with van der Waals surface area (Å²) in [6.45, 7) is 8.64. The van der Waals surface area contributed by atoms with E-state index in [1.807, 2.05) is 17.8 Å². The first-order chi connectivity index (χ1) is 11.2. The summed E-state index contributed by atoms with van der Waals surface area (Å²) in [6.07, 6.45) is 1.07. The molecule has 0 radical (unpaired) electrons. The van der Waals surface area contributed by atoms with Crippen molar-refractivity contribution in [3.05, 3.63) is 30.3 Å². The predicted molar refractivity (Wildman–Crippen MR) is 114 cm³/mol. The van der Waals surface area contributed by atoms with Gasteiger partial charge in [0.05, 0.1) is 19.8 Å². The summed E-state index contributed by atoms with van der Waals surface area (Å²) in [6, 6.07) is 10.4. The molecule has 1 aromatic carbocycles. The Labute approximate surface area is 166 Å². The Bertz CT molecular complexity index is 469. The summed E-state index contributed by atoms with van der Waals surface area (Å²) in [5.74, 6) is 0.549. The van der Waals surface area contributed by atoms with Crippen LogP contribution in [0.5, 0.6) is 0 Å². The monoisotopic (exact) mass is 464 g/mol. The summed E-state index contributed by atoms with van der Waals surface area (Å²) in [5.41, 5.74) is 5.93. The Hall–Kier alpha value is -0.510. The van der Waals surface area contributed by atoms with Crippen molar-refractivity contribution in [2.75, 3.05) is 45.9 Å². The molecule has 0 amide bonds. The molecule has 0 saturated carbocycles. The van der Waals surface area contributed by atoms with Crippen molar-refractivity contribution in [2.45, 2.75) is 23.5 Å². The predicted octanol–water partition coefficient (Wildman–Crippen LogP) is 2.41. The van der Waals surface area contributed by atoms with E-state index in [1.165, 1.54) is 4.90 Å². The first kappa shape index (κ1) is 21.5. The first-order valence-corrected chi connectivity index (χ1v) is 9.17. The molecule has 1 aromatic rings. The molecule has 5 nitrogen and oxygen atoms in total. The van der Waals surface area contributed by atoms with Crippen LogP contribution in [0.3, 0.4) is 0 Å². The van der Waals surface area contributed by atoms with Crippen molar-refractivity contribution in [2.24, 2.45) is 10.7 Å². The quantitative estimate of drug-likeness (QED) is 0.204. The van der Waals surface area contributed by atoms with Gasteiger partial charge in [-0.1, -0.05) is 25.1 Å². The van der Waals surface area contributed by atoms with Crippen LogP contribution in [0.1, 0.15) is 13.3 Å². The van der Waals surface area contributed by atoms with Crippen molar-refractivity contribution in [3.8, 4) is 0 Å². The summed E-state index contributed by atoms with van der Waals surface area (Å²) in [7, 11) is 0. The maximum absolute atomic E-state index is 5.93. The number of rotatable bonds is 8. The zero-order chi connectivity index (χ0) is 16.3. The molecule has 2 rings (SSSR count). The van der Waals surface area contributed by atoms with E-state index in [4.69, 9.17) is 10.5 Å². The number of thioether (sulfide) groups is 1. The number of aliphatic imine (C=N–C) groups is 1. The molecule has 1 aliphatic heterocycles. The maximum Gasteiger partial charge on any atom is 0.188 e. The molecule has 136 valence electrons. The van der Waals surface area contributed by atoms with Gasteiger partial charge in [0.1, 0.15) is 0 Å². The SMILES string of the molecule is CC(CN=C(N)NCCCN1CCOCC1)Sc1ccccc1.I. The molecular weight excluding hydrogens is 435 g/mol. The van der Waals surface area contributed by atoms with Crippen molar-refractivity contribution >= 4 is 41.7 Å². The molecular formula is C17H29IN4OS. The van der Waals surface area contributed by atoms with Crippen LogP contribution in [-0.2, 0) is 4.74 Å². The number of nitrogens with one attached hydrogen (secondary N) is 1. The minimum Gasteiger partial charge on any atom is -0.379 e. The molecule has 1 saturated heterocycles. The Kier molecular flexibility index (Phi) is 11.5. The van der Waals surface area contributed by atoms with Crippen LogP contribution >= 0.6 is 35.7 Å². The smallest absolute Gasteiger partial charge is 0.188 e. The van der Waals surface area contributed by atoms with Gasteiger partial charge in [0.2, 0.25) is 0 Å². The van der Waals surface area contributed by atoms with Gasteiger partial charge in [-0.15, -0.1) is 35.7 Å². The van der Waals surface area contributed by atoms with Gasteiger partial charge in [-0.2, -0.15) is 0 Å². The first-order valence-electron chi connectivity index (χ1n) is 8.29. The summed E-state index contributed by atoms with van der Waals surface area (Å²) in [5, 5.41) is 3.61. The molecule has 7 heteroatoms. The lowest BCUT2D eigenvalue weighted by atomic mass is 10.3. The Morgan fingerprint density at radius 1 is 1.33 bits per heavy atom.